The molecule has 4 amide bonds. The van der Waals surface area contributed by atoms with Crippen LogP contribution in [0.2, 0.25) is 0 Å². The zero-order valence-corrected chi connectivity index (χ0v) is 18.5. The summed E-state index contributed by atoms with van der Waals surface area (Å²) >= 11 is 0. The fourth-order valence-electron chi connectivity index (χ4n) is 3.29. The number of esters is 1. The molecule has 2 atom stereocenters. The average molecular weight is 418 g/mol. The van der Waals surface area contributed by atoms with Crippen molar-refractivity contribution in [1.82, 2.24) is 10.2 Å². The zero-order chi connectivity index (χ0) is 22.6. The molecule has 0 radical (unpaired) electrons. The maximum absolute atomic E-state index is 12.7. The van der Waals surface area contributed by atoms with E-state index in [0.717, 1.165) is 22.4 Å². The second-order valence-corrected chi connectivity index (χ2v) is 8.47. The molecule has 1 fully saturated rings. The van der Waals surface area contributed by atoms with E-state index in [2.05, 4.69) is 10.6 Å². The maximum Gasteiger partial charge on any atom is 0.327 e. The first-order chi connectivity index (χ1) is 13.9. The van der Waals surface area contributed by atoms with Gasteiger partial charge in [0.1, 0.15) is 12.1 Å². The number of anilines is 1. The number of amides is 4. The minimum absolute atomic E-state index is 0.377. The number of ether oxygens (including phenoxy) is 1. The van der Waals surface area contributed by atoms with Crippen molar-refractivity contribution in [3.63, 3.8) is 0 Å². The number of urea groups is 1. The van der Waals surface area contributed by atoms with Crippen LogP contribution < -0.4 is 10.6 Å². The fraction of sp³-hybridized carbons (Fsp3) is 0.545. The Morgan fingerprint density at radius 3 is 2.33 bits per heavy atom. The second kappa shape index (κ2) is 9.28. The van der Waals surface area contributed by atoms with E-state index in [0.29, 0.717) is 18.0 Å². The normalized spacial score (nSPS) is 19.6. The lowest BCUT2D eigenvalue weighted by atomic mass is 9.92. The van der Waals surface area contributed by atoms with E-state index < -0.39 is 42.0 Å². The van der Waals surface area contributed by atoms with Crippen LogP contribution in [0.5, 0.6) is 0 Å². The maximum atomic E-state index is 12.7. The highest BCUT2D eigenvalue weighted by molar-refractivity contribution is 6.08. The summed E-state index contributed by atoms with van der Waals surface area (Å²) in [6.45, 7) is 10.4. The monoisotopic (exact) mass is 417 g/mol. The lowest BCUT2D eigenvalue weighted by molar-refractivity contribution is -0.155. The standard InChI is InChI=1S/C22H31N3O5/c1-13(2)10-11-22(6)20(28)25(21(29)24-22)12-17(26)30-16(5)19(27)23-18-14(3)8-7-9-15(18)4/h7-9,13,16H,10-12H2,1-6H3,(H,23,27)(H,24,29)/t16-,22-/m1/s1. The number of imide groups is 1. The number of rotatable bonds is 8. The molecular formula is C22H31N3O5. The molecule has 1 aromatic carbocycles. The summed E-state index contributed by atoms with van der Waals surface area (Å²) in [5.41, 5.74) is 1.41. The number of hydrogen-bond acceptors (Lipinski definition) is 5. The van der Waals surface area contributed by atoms with Crippen molar-refractivity contribution in [2.45, 2.75) is 66.0 Å². The lowest BCUT2D eigenvalue weighted by Crippen LogP contribution is -2.44. The molecule has 2 rings (SSSR count). The van der Waals surface area contributed by atoms with E-state index in [4.69, 9.17) is 4.74 Å². The Kier molecular flexibility index (Phi) is 7.23. The molecule has 30 heavy (non-hydrogen) atoms. The van der Waals surface area contributed by atoms with Gasteiger partial charge >= 0.3 is 12.0 Å². The average Bonchev–Trinajstić information content (AvgIpc) is 2.86. The zero-order valence-electron chi connectivity index (χ0n) is 18.5. The topological polar surface area (TPSA) is 105 Å². The molecule has 1 aromatic rings. The molecule has 2 N–H and O–H groups in total. The summed E-state index contributed by atoms with van der Waals surface area (Å²) < 4.78 is 5.16. The third-order valence-electron chi connectivity index (χ3n) is 5.26. The van der Waals surface area contributed by atoms with Crippen LogP contribution in [0.15, 0.2) is 18.2 Å². The molecule has 0 spiro atoms. The highest BCUT2D eigenvalue weighted by Gasteiger charge is 2.48. The van der Waals surface area contributed by atoms with E-state index in [1.54, 1.807) is 6.92 Å². The van der Waals surface area contributed by atoms with Crippen LogP contribution in [0, 0.1) is 19.8 Å². The van der Waals surface area contributed by atoms with E-state index in [-0.39, 0.29) is 0 Å². The summed E-state index contributed by atoms with van der Waals surface area (Å²) in [5, 5.41) is 5.42. The van der Waals surface area contributed by atoms with Crippen molar-refractivity contribution in [1.29, 1.82) is 0 Å². The van der Waals surface area contributed by atoms with Crippen molar-refractivity contribution in [3.8, 4) is 0 Å². The van der Waals surface area contributed by atoms with Gasteiger partial charge in [0.2, 0.25) is 0 Å². The molecule has 8 heteroatoms. The summed E-state index contributed by atoms with van der Waals surface area (Å²) in [4.78, 5) is 50.5. The van der Waals surface area contributed by atoms with Gasteiger partial charge in [-0.3, -0.25) is 19.3 Å². The van der Waals surface area contributed by atoms with E-state index in [9.17, 15) is 19.2 Å². The Morgan fingerprint density at radius 2 is 1.77 bits per heavy atom. The molecule has 8 nitrogen and oxygen atoms in total. The summed E-state index contributed by atoms with van der Waals surface area (Å²) in [6, 6.07) is 4.99. The molecule has 1 aliphatic heterocycles. The van der Waals surface area contributed by atoms with Crippen LogP contribution in [-0.4, -0.2) is 46.9 Å². The third-order valence-corrected chi connectivity index (χ3v) is 5.26. The molecule has 1 aliphatic rings. The molecule has 0 bridgehead atoms. The van der Waals surface area contributed by atoms with Gasteiger partial charge in [0.05, 0.1) is 0 Å². The number of hydrogen-bond donors (Lipinski definition) is 2. The Labute approximate surface area is 177 Å². The first kappa shape index (κ1) is 23.4. The van der Waals surface area contributed by atoms with Crippen LogP contribution in [0.1, 0.15) is 51.7 Å². The van der Waals surface area contributed by atoms with Crippen LogP contribution in [0.3, 0.4) is 0 Å². The minimum Gasteiger partial charge on any atom is -0.451 e. The summed E-state index contributed by atoms with van der Waals surface area (Å²) in [6.07, 6.45) is 0.163. The summed E-state index contributed by atoms with van der Waals surface area (Å²) in [7, 11) is 0. The number of benzene rings is 1. The van der Waals surface area contributed by atoms with Crippen LogP contribution in [-0.2, 0) is 19.1 Å². The quantitative estimate of drug-likeness (QED) is 0.500. The number of carbonyl (C=O) groups is 4. The molecule has 0 unspecified atom stereocenters. The van der Waals surface area contributed by atoms with Crippen molar-refractivity contribution in [3.05, 3.63) is 29.3 Å². The highest BCUT2D eigenvalue weighted by atomic mass is 16.5. The van der Waals surface area contributed by atoms with Gasteiger partial charge in [-0.05, 0) is 57.6 Å². The SMILES string of the molecule is Cc1cccc(C)c1NC(=O)[C@@H](C)OC(=O)CN1C(=O)N[C@](C)(CCC(C)C)C1=O. The minimum atomic E-state index is -1.08. The van der Waals surface area contributed by atoms with Crippen molar-refractivity contribution in [2.24, 2.45) is 5.92 Å². The molecular weight excluding hydrogens is 386 g/mol. The van der Waals surface area contributed by atoms with Crippen molar-refractivity contribution < 1.29 is 23.9 Å². The van der Waals surface area contributed by atoms with Gasteiger partial charge < -0.3 is 15.4 Å². The predicted octanol–water partition coefficient (Wildman–Crippen LogP) is 2.92. The largest absolute Gasteiger partial charge is 0.451 e. The van der Waals surface area contributed by atoms with Gasteiger partial charge in [0.25, 0.3) is 11.8 Å². The van der Waals surface area contributed by atoms with Crippen molar-refractivity contribution >= 4 is 29.5 Å². The molecule has 164 valence electrons. The van der Waals surface area contributed by atoms with Gasteiger partial charge in [-0.1, -0.05) is 32.0 Å². The van der Waals surface area contributed by atoms with Crippen LogP contribution in [0.4, 0.5) is 10.5 Å². The number of carbonyl (C=O) groups excluding carboxylic acids is 4. The number of nitrogens with zero attached hydrogens (tertiary/aromatic N) is 1. The number of aryl methyl sites for hydroxylation is 2. The molecule has 0 aliphatic carbocycles. The van der Waals surface area contributed by atoms with E-state index >= 15 is 0 Å². The number of nitrogens with one attached hydrogen (secondary N) is 2. The summed E-state index contributed by atoms with van der Waals surface area (Å²) in [5.74, 6) is -1.39. The van der Waals surface area contributed by atoms with Crippen LogP contribution in [0.25, 0.3) is 0 Å². The smallest absolute Gasteiger partial charge is 0.327 e. The molecule has 0 aromatic heterocycles. The Balaban J connectivity index is 1.95. The number of para-hydroxylation sites is 1. The van der Waals surface area contributed by atoms with Crippen LogP contribution >= 0.6 is 0 Å². The van der Waals surface area contributed by atoms with E-state index in [1.165, 1.54) is 6.92 Å². The third kappa shape index (κ3) is 5.37. The Bertz CT molecular complexity index is 831. The van der Waals surface area contributed by atoms with Gasteiger partial charge in [0, 0.05) is 5.69 Å². The van der Waals surface area contributed by atoms with Crippen molar-refractivity contribution in [2.75, 3.05) is 11.9 Å². The van der Waals surface area contributed by atoms with Gasteiger partial charge in [-0.2, -0.15) is 0 Å². The lowest BCUT2D eigenvalue weighted by Gasteiger charge is -2.22. The molecule has 1 saturated heterocycles. The predicted molar refractivity (Wildman–Crippen MR) is 113 cm³/mol. The Morgan fingerprint density at radius 1 is 1.17 bits per heavy atom. The molecule has 1 heterocycles. The van der Waals surface area contributed by atoms with Gasteiger partial charge in [0.15, 0.2) is 6.10 Å². The molecule has 0 saturated carbocycles. The fourth-order valence-corrected chi connectivity index (χ4v) is 3.29. The van der Waals surface area contributed by atoms with E-state index in [1.807, 2.05) is 45.9 Å². The first-order valence-corrected chi connectivity index (χ1v) is 10.1. The first-order valence-electron chi connectivity index (χ1n) is 10.1. The Hall–Kier alpha value is -2.90. The highest BCUT2D eigenvalue weighted by Crippen LogP contribution is 2.25. The van der Waals surface area contributed by atoms with Gasteiger partial charge in [-0.25, -0.2) is 4.79 Å². The van der Waals surface area contributed by atoms with Gasteiger partial charge in [-0.15, -0.1) is 0 Å². The second-order valence-electron chi connectivity index (χ2n) is 8.47.